The molecule has 0 fully saturated rings. The number of nitrogens with zero attached hydrogens (tertiary/aromatic N) is 1. The van der Waals surface area contributed by atoms with Gasteiger partial charge in [0.05, 0.1) is 16.8 Å². The summed E-state index contributed by atoms with van der Waals surface area (Å²) in [6.07, 6.45) is 1.60. The van der Waals surface area contributed by atoms with Gasteiger partial charge in [-0.15, -0.1) is 0 Å². The fourth-order valence-corrected chi connectivity index (χ4v) is 2.04. The second-order valence-corrected chi connectivity index (χ2v) is 4.40. The molecule has 0 aliphatic heterocycles. The van der Waals surface area contributed by atoms with E-state index in [1.807, 2.05) is 6.92 Å². The lowest BCUT2D eigenvalue weighted by molar-refractivity contribution is 0.552. The van der Waals surface area contributed by atoms with E-state index in [-0.39, 0.29) is 5.82 Å². The number of nitrogens with two attached hydrogens (primary N) is 1. The number of pyridine rings is 1. The summed E-state index contributed by atoms with van der Waals surface area (Å²) in [5.41, 5.74) is 4.43. The number of hydrogen-bond donors (Lipinski definition) is 2. The van der Waals surface area contributed by atoms with E-state index in [9.17, 15) is 4.39 Å². The summed E-state index contributed by atoms with van der Waals surface area (Å²) >= 11 is 6.06. The predicted molar refractivity (Wildman–Crippen MR) is 69.6 cm³/mol. The minimum absolute atomic E-state index is 0.342. The van der Waals surface area contributed by atoms with Crippen LogP contribution < -0.4 is 11.3 Å². The van der Waals surface area contributed by atoms with E-state index in [4.69, 9.17) is 17.4 Å². The molecule has 3 nitrogen and oxygen atoms in total. The Morgan fingerprint density at radius 3 is 2.83 bits per heavy atom. The van der Waals surface area contributed by atoms with E-state index in [2.05, 4.69) is 10.4 Å². The summed E-state index contributed by atoms with van der Waals surface area (Å²) in [4.78, 5) is 4.16. The fourth-order valence-electron chi connectivity index (χ4n) is 1.81. The first-order valence-electron chi connectivity index (χ1n) is 5.46. The van der Waals surface area contributed by atoms with E-state index in [0.717, 1.165) is 5.56 Å². The maximum Gasteiger partial charge on any atom is 0.128 e. The highest BCUT2D eigenvalue weighted by molar-refractivity contribution is 6.31. The molecule has 94 valence electrons. The van der Waals surface area contributed by atoms with E-state index in [0.29, 0.717) is 16.3 Å². The fraction of sp³-hybridized carbons (Fsp3) is 0.154. The summed E-state index contributed by atoms with van der Waals surface area (Å²) in [6, 6.07) is 7.68. The van der Waals surface area contributed by atoms with Gasteiger partial charge in [-0.05, 0) is 25.1 Å². The third-order valence-electron chi connectivity index (χ3n) is 2.69. The first-order chi connectivity index (χ1) is 8.63. The molecule has 1 aromatic heterocycles. The molecule has 0 saturated heterocycles. The van der Waals surface area contributed by atoms with Crippen molar-refractivity contribution in [1.29, 1.82) is 0 Å². The van der Waals surface area contributed by atoms with Crippen molar-refractivity contribution in [3.05, 3.63) is 64.2 Å². The predicted octanol–water partition coefficient (Wildman–Crippen LogP) is 2.74. The number of rotatable bonds is 3. The number of halogens is 2. The van der Waals surface area contributed by atoms with Crippen molar-refractivity contribution in [2.24, 2.45) is 5.84 Å². The molecule has 1 heterocycles. The van der Waals surface area contributed by atoms with E-state index >= 15 is 0 Å². The van der Waals surface area contributed by atoms with Gasteiger partial charge in [0.2, 0.25) is 0 Å². The lowest BCUT2D eigenvalue weighted by atomic mass is 10.0. The first kappa shape index (κ1) is 13.0. The second kappa shape index (κ2) is 5.44. The van der Waals surface area contributed by atoms with Crippen molar-refractivity contribution < 1.29 is 4.39 Å². The molecule has 0 amide bonds. The van der Waals surface area contributed by atoms with Crippen molar-refractivity contribution in [3.8, 4) is 0 Å². The number of aryl methyl sites for hydroxylation is 1. The lowest BCUT2D eigenvalue weighted by Gasteiger charge is -2.18. The van der Waals surface area contributed by atoms with Crippen LogP contribution in [0.2, 0.25) is 5.02 Å². The van der Waals surface area contributed by atoms with Crippen molar-refractivity contribution in [2.75, 3.05) is 0 Å². The number of hydrogen-bond acceptors (Lipinski definition) is 3. The van der Waals surface area contributed by atoms with Crippen LogP contribution in [0.15, 0.2) is 36.5 Å². The van der Waals surface area contributed by atoms with Crippen molar-refractivity contribution in [1.82, 2.24) is 10.4 Å². The third kappa shape index (κ3) is 2.51. The van der Waals surface area contributed by atoms with Crippen LogP contribution in [0.3, 0.4) is 0 Å². The van der Waals surface area contributed by atoms with Gasteiger partial charge in [0.25, 0.3) is 0 Å². The molecule has 0 saturated carbocycles. The number of nitrogens with one attached hydrogen (secondary N) is 1. The van der Waals surface area contributed by atoms with Gasteiger partial charge in [-0.3, -0.25) is 10.8 Å². The first-order valence-corrected chi connectivity index (χ1v) is 5.84. The molecule has 2 aromatic rings. The molecule has 1 aromatic carbocycles. The van der Waals surface area contributed by atoms with Crippen LogP contribution in [-0.2, 0) is 0 Å². The SMILES string of the molecule is Cc1ccc(F)c(C(NN)c2ncccc2Cl)c1. The molecular formula is C13H13ClFN3. The number of hydrazine groups is 1. The Labute approximate surface area is 110 Å². The van der Waals surface area contributed by atoms with Crippen LogP contribution in [-0.4, -0.2) is 4.98 Å². The Kier molecular flexibility index (Phi) is 3.91. The van der Waals surface area contributed by atoms with Gasteiger partial charge in [-0.2, -0.15) is 0 Å². The Balaban J connectivity index is 2.52. The highest BCUT2D eigenvalue weighted by atomic mass is 35.5. The Morgan fingerprint density at radius 1 is 1.39 bits per heavy atom. The van der Waals surface area contributed by atoms with Gasteiger partial charge in [-0.1, -0.05) is 29.3 Å². The average molecular weight is 266 g/mol. The minimum atomic E-state index is -0.571. The van der Waals surface area contributed by atoms with Crippen LogP contribution in [0.25, 0.3) is 0 Å². The van der Waals surface area contributed by atoms with Crippen LogP contribution >= 0.6 is 11.6 Å². The van der Waals surface area contributed by atoms with Crippen molar-refractivity contribution in [2.45, 2.75) is 13.0 Å². The highest BCUT2D eigenvalue weighted by Gasteiger charge is 2.20. The average Bonchev–Trinajstić information content (AvgIpc) is 2.36. The van der Waals surface area contributed by atoms with E-state index in [1.165, 1.54) is 6.07 Å². The maximum atomic E-state index is 13.9. The summed E-state index contributed by atoms with van der Waals surface area (Å²) in [6.45, 7) is 1.89. The zero-order valence-electron chi connectivity index (χ0n) is 9.82. The van der Waals surface area contributed by atoms with Crippen LogP contribution in [0.5, 0.6) is 0 Å². The van der Waals surface area contributed by atoms with Crippen molar-refractivity contribution >= 4 is 11.6 Å². The molecule has 1 unspecified atom stereocenters. The van der Waals surface area contributed by atoms with Crippen LogP contribution in [0.1, 0.15) is 22.9 Å². The molecule has 0 radical (unpaired) electrons. The van der Waals surface area contributed by atoms with E-state index in [1.54, 1.807) is 30.5 Å². The third-order valence-corrected chi connectivity index (χ3v) is 3.01. The van der Waals surface area contributed by atoms with Gasteiger partial charge in [-0.25, -0.2) is 9.82 Å². The zero-order chi connectivity index (χ0) is 13.1. The molecule has 0 aliphatic rings. The molecule has 0 aliphatic carbocycles. The molecular weight excluding hydrogens is 253 g/mol. The zero-order valence-corrected chi connectivity index (χ0v) is 10.6. The van der Waals surface area contributed by atoms with Crippen LogP contribution in [0, 0.1) is 12.7 Å². The Morgan fingerprint density at radius 2 is 2.17 bits per heavy atom. The highest BCUT2D eigenvalue weighted by Crippen LogP contribution is 2.27. The van der Waals surface area contributed by atoms with Gasteiger partial charge < -0.3 is 0 Å². The molecule has 0 spiro atoms. The van der Waals surface area contributed by atoms with Gasteiger partial charge in [0, 0.05) is 11.8 Å². The Bertz CT molecular complexity index is 560. The van der Waals surface area contributed by atoms with Gasteiger partial charge in [0.1, 0.15) is 5.82 Å². The van der Waals surface area contributed by atoms with Gasteiger partial charge >= 0.3 is 0 Å². The second-order valence-electron chi connectivity index (χ2n) is 4.00. The summed E-state index contributed by atoms with van der Waals surface area (Å²) in [5, 5.41) is 0.446. The minimum Gasteiger partial charge on any atom is -0.271 e. The lowest BCUT2D eigenvalue weighted by Crippen LogP contribution is -2.30. The molecule has 18 heavy (non-hydrogen) atoms. The summed E-state index contributed by atoms with van der Waals surface area (Å²) in [5.74, 6) is 5.17. The standard InChI is InChI=1S/C13H13ClFN3/c1-8-4-5-11(15)9(7-8)12(18-16)13-10(14)3-2-6-17-13/h2-7,12,18H,16H2,1H3. The van der Waals surface area contributed by atoms with E-state index < -0.39 is 6.04 Å². The van der Waals surface area contributed by atoms with Gasteiger partial charge in [0.15, 0.2) is 0 Å². The Hall–Kier alpha value is -1.49. The quantitative estimate of drug-likeness (QED) is 0.663. The van der Waals surface area contributed by atoms with Crippen molar-refractivity contribution in [3.63, 3.8) is 0 Å². The molecule has 5 heteroatoms. The molecule has 3 N–H and O–H groups in total. The number of aromatic nitrogens is 1. The monoisotopic (exact) mass is 265 g/mol. The molecule has 2 rings (SSSR count). The summed E-state index contributed by atoms with van der Waals surface area (Å²) in [7, 11) is 0. The normalized spacial score (nSPS) is 12.4. The molecule has 1 atom stereocenters. The molecule has 0 bridgehead atoms. The topological polar surface area (TPSA) is 50.9 Å². The maximum absolute atomic E-state index is 13.9. The summed E-state index contributed by atoms with van der Waals surface area (Å²) < 4.78 is 13.9. The smallest absolute Gasteiger partial charge is 0.128 e. The number of benzene rings is 1. The van der Waals surface area contributed by atoms with Crippen LogP contribution in [0.4, 0.5) is 4.39 Å². The largest absolute Gasteiger partial charge is 0.271 e.